The van der Waals surface area contributed by atoms with E-state index in [1.165, 1.54) is 6.07 Å². The molecule has 2 rings (SSSR count). The molecule has 0 unspecified atom stereocenters. The molecule has 7 heteroatoms. The summed E-state index contributed by atoms with van der Waals surface area (Å²) < 4.78 is 0. The number of para-hydroxylation sites is 2. The predicted octanol–water partition coefficient (Wildman–Crippen LogP) is 2.27. The van der Waals surface area contributed by atoms with Crippen LogP contribution in [0.1, 0.15) is 26.7 Å². The number of rotatable bonds is 8. The van der Waals surface area contributed by atoms with E-state index in [-0.39, 0.29) is 22.4 Å². The zero-order chi connectivity index (χ0) is 18.2. The van der Waals surface area contributed by atoms with Gasteiger partial charge in [0.2, 0.25) is 5.91 Å². The van der Waals surface area contributed by atoms with Gasteiger partial charge in [0.15, 0.2) is 0 Å². The van der Waals surface area contributed by atoms with Crippen LogP contribution < -0.4 is 10.2 Å². The fourth-order valence-electron chi connectivity index (χ4n) is 3.29. The van der Waals surface area contributed by atoms with Gasteiger partial charge >= 0.3 is 0 Å². The van der Waals surface area contributed by atoms with Crippen molar-refractivity contribution in [2.75, 3.05) is 44.2 Å². The van der Waals surface area contributed by atoms with Gasteiger partial charge in [0.25, 0.3) is 5.69 Å². The van der Waals surface area contributed by atoms with Crippen LogP contribution in [0.4, 0.5) is 11.4 Å². The van der Waals surface area contributed by atoms with Crippen molar-refractivity contribution < 1.29 is 9.72 Å². The highest BCUT2D eigenvalue weighted by Crippen LogP contribution is 2.31. The molecule has 1 fully saturated rings. The van der Waals surface area contributed by atoms with Gasteiger partial charge in [-0.2, -0.15) is 0 Å². The molecule has 0 bridgehead atoms. The van der Waals surface area contributed by atoms with Gasteiger partial charge in [-0.3, -0.25) is 14.9 Å². The Hall–Kier alpha value is -2.15. The first-order chi connectivity index (χ1) is 12.1. The number of benzene rings is 1. The van der Waals surface area contributed by atoms with Crippen LogP contribution in [0.5, 0.6) is 0 Å². The van der Waals surface area contributed by atoms with Crippen molar-refractivity contribution in [1.29, 1.82) is 0 Å². The third-order valence-corrected chi connectivity index (χ3v) is 4.91. The molecule has 1 aromatic carbocycles. The summed E-state index contributed by atoms with van der Waals surface area (Å²) in [4.78, 5) is 27.4. The summed E-state index contributed by atoms with van der Waals surface area (Å²) >= 11 is 0. The van der Waals surface area contributed by atoms with Gasteiger partial charge in [0.1, 0.15) is 5.69 Å². The van der Waals surface area contributed by atoms with E-state index in [1.807, 2.05) is 11.0 Å². The smallest absolute Gasteiger partial charge is 0.292 e. The normalized spacial score (nSPS) is 15.4. The molecule has 1 aliphatic heterocycles. The van der Waals surface area contributed by atoms with E-state index in [0.29, 0.717) is 25.3 Å². The van der Waals surface area contributed by atoms with Gasteiger partial charge in [-0.25, -0.2) is 0 Å². The summed E-state index contributed by atoms with van der Waals surface area (Å²) in [6.45, 7) is 9.07. The van der Waals surface area contributed by atoms with Crippen molar-refractivity contribution >= 4 is 17.3 Å². The highest BCUT2D eigenvalue weighted by molar-refractivity contribution is 5.79. The topological polar surface area (TPSA) is 78.7 Å². The minimum Gasteiger partial charge on any atom is -0.366 e. The molecule has 25 heavy (non-hydrogen) atoms. The number of carbonyl (C=O) groups excluding carboxylic acids is 1. The zero-order valence-corrected chi connectivity index (χ0v) is 15.1. The highest BCUT2D eigenvalue weighted by Gasteiger charge is 2.27. The molecular formula is C18H28N4O3. The third kappa shape index (κ3) is 5.16. The maximum Gasteiger partial charge on any atom is 0.292 e. The summed E-state index contributed by atoms with van der Waals surface area (Å²) in [5.41, 5.74) is 0.775. The average Bonchev–Trinajstić information content (AvgIpc) is 2.65. The van der Waals surface area contributed by atoms with Crippen molar-refractivity contribution in [3.63, 3.8) is 0 Å². The fraction of sp³-hybridized carbons (Fsp3) is 0.611. The quantitative estimate of drug-likeness (QED) is 0.576. The van der Waals surface area contributed by atoms with Crippen molar-refractivity contribution in [2.45, 2.75) is 26.7 Å². The zero-order valence-electron chi connectivity index (χ0n) is 15.1. The van der Waals surface area contributed by atoms with Gasteiger partial charge < -0.3 is 15.1 Å². The molecule has 0 saturated carbocycles. The first kappa shape index (κ1) is 19.2. The standard InChI is InChI=1S/C18H28N4O3/c1-3-20(4-2)14-11-19-18(23)15-9-12-21(13-10-15)16-7-5-6-8-17(16)22(24)25/h5-8,15H,3-4,9-14H2,1-2H3,(H,19,23). The van der Waals surface area contributed by atoms with Gasteiger partial charge in [-0.05, 0) is 32.0 Å². The first-order valence-corrected chi connectivity index (χ1v) is 9.05. The summed E-state index contributed by atoms with van der Waals surface area (Å²) in [6.07, 6.45) is 1.45. The highest BCUT2D eigenvalue weighted by atomic mass is 16.6. The molecule has 7 nitrogen and oxygen atoms in total. The molecule has 1 saturated heterocycles. The largest absolute Gasteiger partial charge is 0.366 e. The summed E-state index contributed by atoms with van der Waals surface area (Å²) in [6, 6.07) is 6.80. The van der Waals surface area contributed by atoms with Crippen molar-refractivity contribution in [2.24, 2.45) is 5.92 Å². The number of hydrogen-bond donors (Lipinski definition) is 1. The molecule has 1 aromatic rings. The van der Waals surface area contributed by atoms with E-state index in [4.69, 9.17) is 0 Å². The number of nitro benzene ring substituents is 1. The number of nitro groups is 1. The molecule has 1 amide bonds. The van der Waals surface area contributed by atoms with Gasteiger partial charge in [0, 0.05) is 38.2 Å². The second-order valence-corrected chi connectivity index (χ2v) is 6.33. The third-order valence-electron chi connectivity index (χ3n) is 4.91. The van der Waals surface area contributed by atoms with Crippen LogP contribution >= 0.6 is 0 Å². The van der Waals surface area contributed by atoms with Crippen LogP contribution in [-0.4, -0.2) is 55.0 Å². The molecule has 1 heterocycles. The van der Waals surface area contributed by atoms with Crippen molar-refractivity contribution in [1.82, 2.24) is 10.2 Å². The van der Waals surface area contributed by atoms with Crippen molar-refractivity contribution in [3.05, 3.63) is 34.4 Å². The Balaban J connectivity index is 1.83. The first-order valence-electron chi connectivity index (χ1n) is 9.05. The predicted molar refractivity (Wildman–Crippen MR) is 98.8 cm³/mol. The van der Waals surface area contributed by atoms with Gasteiger partial charge in [-0.15, -0.1) is 0 Å². The number of likely N-dealkylation sites (N-methyl/N-ethyl adjacent to an activating group) is 1. The summed E-state index contributed by atoms with van der Waals surface area (Å²) in [5, 5.41) is 14.2. The number of carbonyl (C=O) groups is 1. The van der Waals surface area contributed by atoms with Crippen LogP contribution in [0.3, 0.4) is 0 Å². The summed E-state index contributed by atoms with van der Waals surface area (Å²) in [7, 11) is 0. The van der Waals surface area contributed by atoms with E-state index >= 15 is 0 Å². The van der Waals surface area contributed by atoms with Crippen LogP contribution in [0.2, 0.25) is 0 Å². The summed E-state index contributed by atoms with van der Waals surface area (Å²) in [5.74, 6) is 0.102. The van der Waals surface area contributed by atoms with Crippen LogP contribution in [0.15, 0.2) is 24.3 Å². The van der Waals surface area contributed by atoms with E-state index in [9.17, 15) is 14.9 Å². The Morgan fingerprint density at radius 2 is 1.92 bits per heavy atom. The average molecular weight is 348 g/mol. The number of nitrogens with zero attached hydrogens (tertiary/aromatic N) is 3. The second-order valence-electron chi connectivity index (χ2n) is 6.33. The Bertz CT molecular complexity index is 581. The SMILES string of the molecule is CCN(CC)CCNC(=O)C1CCN(c2ccccc2[N+](=O)[O-])CC1. The maximum atomic E-state index is 12.3. The Morgan fingerprint density at radius 1 is 1.28 bits per heavy atom. The van der Waals surface area contributed by atoms with E-state index in [1.54, 1.807) is 12.1 Å². The minimum atomic E-state index is -0.346. The molecule has 0 spiro atoms. The number of piperidine rings is 1. The number of anilines is 1. The monoisotopic (exact) mass is 348 g/mol. The molecule has 0 aliphatic carbocycles. The fourth-order valence-corrected chi connectivity index (χ4v) is 3.29. The van der Waals surface area contributed by atoms with Crippen LogP contribution in [-0.2, 0) is 4.79 Å². The van der Waals surface area contributed by atoms with Crippen LogP contribution in [0.25, 0.3) is 0 Å². The molecule has 1 aliphatic rings. The lowest BCUT2D eigenvalue weighted by molar-refractivity contribution is -0.384. The van der Waals surface area contributed by atoms with Crippen LogP contribution in [0, 0.1) is 16.0 Å². The minimum absolute atomic E-state index is 0.00396. The molecule has 0 atom stereocenters. The van der Waals surface area contributed by atoms with Gasteiger partial charge in [0.05, 0.1) is 4.92 Å². The van der Waals surface area contributed by atoms with Crippen molar-refractivity contribution in [3.8, 4) is 0 Å². The molecule has 1 N–H and O–H groups in total. The van der Waals surface area contributed by atoms with E-state index in [2.05, 4.69) is 24.1 Å². The maximum absolute atomic E-state index is 12.3. The Morgan fingerprint density at radius 3 is 2.52 bits per heavy atom. The number of nitrogens with one attached hydrogen (secondary N) is 1. The van der Waals surface area contributed by atoms with E-state index < -0.39 is 0 Å². The second kappa shape index (κ2) is 9.36. The van der Waals surface area contributed by atoms with E-state index in [0.717, 1.165) is 32.5 Å². The van der Waals surface area contributed by atoms with Gasteiger partial charge in [-0.1, -0.05) is 26.0 Å². The lowest BCUT2D eigenvalue weighted by atomic mass is 9.95. The molecular weight excluding hydrogens is 320 g/mol. The molecule has 138 valence electrons. The Labute approximate surface area is 149 Å². The number of amides is 1. The lowest BCUT2D eigenvalue weighted by Crippen LogP contribution is -2.42. The molecule has 0 aromatic heterocycles. The molecule has 0 radical (unpaired) electrons. The lowest BCUT2D eigenvalue weighted by Gasteiger charge is -2.32. The Kier molecular flexibility index (Phi) is 7.18. The number of hydrogen-bond acceptors (Lipinski definition) is 5.